The number of ether oxygens (including phenoxy) is 3. The number of halogens is 1. The second-order valence-electron chi connectivity index (χ2n) is 7.62. The van der Waals surface area contributed by atoms with Gasteiger partial charge in [-0.05, 0) is 42.7 Å². The molecule has 0 saturated heterocycles. The van der Waals surface area contributed by atoms with Gasteiger partial charge in [-0.2, -0.15) is 0 Å². The first-order chi connectivity index (χ1) is 15.5. The predicted octanol–water partition coefficient (Wildman–Crippen LogP) is 4.41. The molecule has 1 aliphatic carbocycles. The maximum atomic E-state index is 12.3. The van der Waals surface area contributed by atoms with Crippen LogP contribution in [-0.2, 0) is 20.8 Å². The van der Waals surface area contributed by atoms with Crippen LogP contribution in [0.2, 0.25) is 5.02 Å². The molecule has 1 aromatic heterocycles. The van der Waals surface area contributed by atoms with Gasteiger partial charge < -0.3 is 23.9 Å². The number of anilines is 1. The SMILES string of the molecule is COC(=O)C1CC(OCCOc2ccc(CNc3cc(=O)c4cccc(Cl)c4o3)cc2)C1. The third kappa shape index (κ3) is 5.23. The summed E-state index contributed by atoms with van der Waals surface area (Å²) in [5.74, 6) is 0.898. The molecule has 0 spiro atoms. The Balaban J connectivity index is 1.22. The van der Waals surface area contributed by atoms with E-state index in [4.69, 9.17) is 30.2 Å². The van der Waals surface area contributed by atoms with Crippen molar-refractivity contribution in [2.24, 2.45) is 5.92 Å². The highest BCUT2D eigenvalue weighted by Gasteiger charge is 2.35. The van der Waals surface area contributed by atoms with Gasteiger partial charge >= 0.3 is 5.97 Å². The summed E-state index contributed by atoms with van der Waals surface area (Å²) in [6.45, 7) is 1.37. The highest BCUT2D eigenvalue weighted by atomic mass is 35.5. The Bertz CT molecular complexity index is 1140. The number of nitrogens with one attached hydrogen (secondary N) is 1. The van der Waals surface area contributed by atoms with Crippen molar-refractivity contribution in [2.45, 2.75) is 25.5 Å². The minimum atomic E-state index is -0.165. The lowest BCUT2D eigenvalue weighted by molar-refractivity contribution is -0.155. The van der Waals surface area contributed by atoms with Crippen LogP contribution in [0, 0.1) is 5.92 Å². The van der Waals surface area contributed by atoms with Crippen molar-refractivity contribution in [2.75, 3.05) is 25.6 Å². The van der Waals surface area contributed by atoms with Crippen LogP contribution in [0.3, 0.4) is 0 Å². The lowest BCUT2D eigenvalue weighted by Crippen LogP contribution is -2.37. The number of para-hydroxylation sites is 1. The summed E-state index contributed by atoms with van der Waals surface area (Å²) in [4.78, 5) is 23.6. The van der Waals surface area contributed by atoms with Gasteiger partial charge in [0.15, 0.2) is 16.9 Å². The van der Waals surface area contributed by atoms with Crippen LogP contribution in [-0.4, -0.2) is 32.4 Å². The zero-order valence-corrected chi connectivity index (χ0v) is 18.4. The monoisotopic (exact) mass is 457 g/mol. The van der Waals surface area contributed by atoms with E-state index in [-0.39, 0.29) is 23.4 Å². The number of rotatable bonds is 9. The molecule has 0 bridgehead atoms. The van der Waals surface area contributed by atoms with Crippen LogP contribution in [0.15, 0.2) is 57.7 Å². The molecule has 1 aliphatic rings. The lowest BCUT2D eigenvalue weighted by Gasteiger charge is -2.32. The number of hydrogen-bond donors (Lipinski definition) is 1. The maximum absolute atomic E-state index is 12.3. The summed E-state index contributed by atoms with van der Waals surface area (Å²) in [5.41, 5.74) is 1.22. The second kappa shape index (κ2) is 10.1. The minimum Gasteiger partial charge on any atom is -0.491 e. The predicted molar refractivity (Wildman–Crippen MR) is 121 cm³/mol. The van der Waals surface area contributed by atoms with Gasteiger partial charge in [-0.1, -0.05) is 29.8 Å². The Morgan fingerprint density at radius 3 is 2.69 bits per heavy atom. The van der Waals surface area contributed by atoms with E-state index < -0.39 is 0 Å². The van der Waals surface area contributed by atoms with Crippen LogP contribution in [0.1, 0.15) is 18.4 Å². The summed E-state index contributed by atoms with van der Waals surface area (Å²) in [7, 11) is 1.41. The van der Waals surface area contributed by atoms with E-state index in [0.29, 0.717) is 54.5 Å². The number of carbonyl (C=O) groups is 1. The number of esters is 1. The Labute approximate surface area is 190 Å². The zero-order valence-electron chi connectivity index (χ0n) is 17.6. The number of methoxy groups -OCH3 is 1. The van der Waals surface area contributed by atoms with E-state index >= 15 is 0 Å². The Hall–Kier alpha value is -3.03. The fourth-order valence-corrected chi connectivity index (χ4v) is 3.77. The highest BCUT2D eigenvalue weighted by Crippen LogP contribution is 2.31. The number of hydrogen-bond acceptors (Lipinski definition) is 7. The van der Waals surface area contributed by atoms with Crippen LogP contribution < -0.4 is 15.5 Å². The highest BCUT2D eigenvalue weighted by molar-refractivity contribution is 6.34. The van der Waals surface area contributed by atoms with Gasteiger partial charge in [0.2, 0.25) is 0 Å². The van der Waals surface area contributed by atoms with Gasteiger partial charge in [-0.15, -0.1) is 0 Å². The van der Waals surface area contributed by atoms with Crippen LogP contribution in [0.4, 0.5) is 5.88 Å². The van der Waals surface area contributed by atoms with E-state index in [1.807, 2.05) is 24.3 Å². The van der Waals surface area contributed by atoms with Crippen molar-refractivity contribution in [1.29, 1.82) is 0 Å². The molecule has 1 saturated carbocycles. The molecule has 1 heterocycles. The molecule has 0 aliphatic heterocycles. The van der Waals surface area contributed by atoms with Crippen molar-refractivity contribution in [3.63, 3.8) is 0 Å². The largest absolute Gasteiger partial charge is 0.491 e. The van der Waals surface area contributed by atoms with E-state index in [9.17, 15) is 9.59 Å². The van der Waals surface area contributed by atoms with Crippen LogP contribution in [0.5, 0.6) is 5.75 Å². The zero-order chi connectivity index (χ0) is 22.5. The lowest BCUT2D eigenvalue weighted by atomic mass is 9.82. The standard InChI is InChI=1S/C24H24ClNO6/c1-29-24(28)16-11-18(12-16)31-10-9-30-17-7-5-15(6-8-17)14-26-22-13-21(27)19-3-2-4-20(25)23(19)32-22/h2-8,13,16,18,26H,9-12,14H2,1H3. The van der Waals surface area contributed by atoms with Gasteiger partial charge in [0.25, 0.3) is 0 Å². The molecule has 0 unspecified atom stereocenters. The molecule has 0 atom stereocenters. The normalized spacial score (nSPS) is 17.6. The molecule has 1 fully saturated rings. The van der Waals surface area contributed by atoms with Crippen molar-refractivity contribution in [3.8, 4) is 5.75 Å². The number of carbonyl (C=O) groups excluding carboxylic acids is 1. The van der Waals surface area contributed by atoms with Crippen molar-refractivity contribution < 1.29 is 23.4 Å². The van der Waals surface area contributed by atoms with Crippen molar-refractivity contribution in [1.82, 2.24) is 0 Å². The Kier molecular flexibility index (Phi) is 6.97. The molecule has 0 amide bonds. The summed E-state index contributed by atoms with van der Waals surface area (Å²) in [6, 6.07) is 14.1. The van der Waals surface area contributed by atoms with Crippen LogP contribution >= 0.6 is 11.6 Å². The summed E-state index contributed by atoms with van der Waals surface area (Å²) >= 11 is 6.14. The molecule has 32 heavy (non-hydrogen) atoms. The summed E-state index contributed by atoms with van der Waals surface area (Å²) in [5, 5.41) is 3.97. The molecule has 8 heteroatoms. The topological polar surface area (TPSA) is 87.0 Å². The van der Waals surface area contributed by atoms with Crippen molar-refractivity contribution >= 4 is 34.4 Å². The Morgan fingerprint density at radius 2 is 1.94 bits per heavy atom. The van der Waals surface area contributed by atoms with E-state index in [2.05, 4.69) is 5.32 Å². The molecule has 0 radical (unpaired) electrons. The number of benzene rings is 2. The molecular weight excluding hydrogens is 434 g/mol. The molecule has 2 aromatic carbocycles. The average Bonchev–Trinajstić information content (AvgIpc) is 2.77. The first-order valence-electron chi connectivity index (χ1n) is 10.4. The smallest absolute Gasteiger partial charge is 0.308 e. The van der Waals surface area contributed by atoms with Gasteiger partial charge in [-0.3, -0.25) is 9.59 Å². The molecular formula is C24H24ClNO6. The first kappa shape index (κ1) is 22.2. The van der Waals surface area contributed by atoms with Crippen molar-refractivity contribution in [3.05, 3.63) is 69.3 Å². The van der Waals surface area contributed by atoms with Gasteiger partial charge in [0.05, 0.1) is 36.1 Å². The first-order valence-corrected chi connectivity index (χ1v) is 10.8. The van der Waals surface area contributed by atoms with E-state index in [0.717, 1.165) is 11.3 Å². The molecule has 168 valence electrons. The maximum Gasteiger partial charge on any atom is 0.308 e. The number of fused-ring (bicyclic) bond motifs is 1. The molecule has 1 N–H and O–H groups in total. The van der Waals surface area contributed by atoms with E-state index in [1.165, 1.54) is 13.2 Å². The average molecular weight is 458 g/mol. The van der Waals surface area contributed by atoms with Gasteiger partial charge in [0.1, 0.15) is 12.4 Å². The minimum absolute atomic E-state index is 0.0355. The molecule has 7 nitrogen and oxygen atoms in total. The van der Waals surface area contributed by atoms with E-state index in [1.54, 1.807) is 18.2 Å². The third-order valence-corrected chi connectivity index (χ3v) is 5.73. The van der Waals surface area contributed by atoms with Crippen LogP contribution in [0.25, 0.3) is 11.0 Å². The quantitative estimate of drug-likeness (QED) is 0.376. The third-order valence-electron chi connectivity index (χ3n) is 5.43. The molecule has 4 rings (SSSR count). The second-order valence-corrected chi connectivity index (χ2v) is 8.03. The summed E-state index contributed by atoms with van der Waals surface area (Å²) in [6.07, 6.45) is 1.51. The summed E-state index contributed by atoms with van der Waals surface area (Å²) < 4.78 is 21.9. The fraction of sp³-hybridized carbons (Fsp3) is 0.333. The molecule has 3 aromatic rings. The fourth-order valence-electron chi connectivity index (χ4n) is 3.56. The Morgan fingerprint density at radius 1 is 1.16 bits per heavy atom. The van der Waals surface area contributed by atoms with Gasteiger partial charge in [-0.25, -0.2) is 0 Å². The van der Waals surface area contributed by atoms with Gasteiger partial charge in [0, 0.05) is 12.6 Å².